The summed E-state index contributed by atoms with van der Waals surface area (Å²) < 4.78 is 7.15. The first-order chi connectivity index (χ1) is 12.5. The smallest absolute Gasteiger partial charge is 0.242 e. The number of piperidine rings is 1. The van der Waals surface area contributed by atoms with Gasteiger partial charge in [0.1, 0.15) is 0 Å². The fraction of sp³-hybridized carbons (Fsp3) is 0.632. The van der Waals surface area contributed by atoms with Crippen LogP contribution >= 0.6 is 0 Å². The van der Waals surface area contributed by atoms with Crippen molar-refractivity contribution in [3.05, 3.63) is 16.8 Å². The summed E-state index contributed by atoms with van der Waals surface area (Å²) in [5.74, 6) is 0.775. The van der Waals surface area contributed by atoms with Gasteiger partial charge in [-0.25, -0.2) is 9.67 Å². The lowest BCUT2D eigenvalue weighted by Gasteiger charge is -2.35. The zero-order valence-electron chi connectivity index (χ0n) is 16.2. The third-order valence-electron chi connectivity index (χ3n) is 5.52. The summed E-state index contributed by atoms with van der Waals surface area (Å²) in [7, 11) is 3.48. The average Bonchev–Trinajstić information content (AvgIpc) is 2.97. The van der Waals surface area contributed by atoms with Gasteiger partial charge in [0.05, 0.1) is 12.5 Å². The number of carbonyl (C=O) groups is 1. The Balaban J connectivity index is 1.83. The van der Waals surface area contributed by atoms with Gasteiger partial charge in [-0.2, -0.15) is 0 Å². The number of nitrogens with zero attached hydrogens (tertiary/aromatic N) is 4. The van der Waals surface area contributed by atoms with Crippen LogP contribution in [0.25, 0.3) is 11.0 Å². The number of hydrogen-bond acceptors (Lipinski definition) is 5. The van der Waals surface area contributed by atoms with Crippen LogP contribution in [-0.2, 0) is 18.3 Å². The fourth-order valence-corrected chi connectivity index (χ4v) is 4.06. The molecule has 7 heteroatoms. The van der Waals surface area contributed by atoms with E-state index in [2.05, 4.69) is 12.0 Å². The quantitative estimate of drug-likeness (QED) is 0.881. The Hall–Kier alpha value is -2.15. The van der Waals surface area contributed by atoms with Crippen LogP contribution in [0, 0.1) is 13.8 Å². The van der Waals surface area contributed by atoms with Crippen molar-refractivity contribution in [3.8, 4) is 5.88 Å². The summed E-state index contributed by atoms with van der Waals surface area (Å²) in [4.78, 5) is 19.4. The van der Waals surface area contributed by atoms with Gasteiger partial charge < -0.3 is 15.4 Å². The predicted molar refractivity (Wildman–Crippen MR) is 101 cm³/mol. The number of carbonyl (C=O) groups excluding carboxylic acids is 1. The summed E-state index contributed by atoms with van der Waals surface area (Å²) >= 11 is 0. The molecule has 3 rings (SSSR count). The van der Waals surface area contributed by atoms with E-state index in [1.165, 1.54) is 0 Å². The van der Waals surface area contributed by atoms with Crippen molar-refractivity contribution in [2.45, 2.75) is 52.0 Å². The number of amides is 1. The number of aryl methyl sites for hydroxylation is 3. The van der Waals surface area contributed by atoms with E-state index in [0.29, 0.717) is 25.3 Å². The summed E-state index contributed by atoms with van der Waals surface area (Å²) in [5, 5.41) is 5.32. The first-order valence-corrected chi connectivity index (χ1v) is 9.34. The van der Waals surface area contributed by atoms with E-state index in [9.17, 15) is 4.79 Å². The number of likely N-dealkylation sites (tertiary alicyclic amines) is 1. The summed E-state index contributed by atoms with van der Waals surface area (Å²) in [5.41, 5.74) is 9.82. The Kier molecular flexibility index (Phi) is 5.46. The Morgan fingerprint density at radius 1 is 1.35 bits per heavy atom. The molecule has 1 saturated heterocycles. The molecule has 1 aliphatic rings. The highest BCUT2D eigenvalue weighted by molar-refractivity contribution is 5.86. The van der Waals surface area contributed by atoms with Gasteiger partial charge in [-0.15, -0.1) is 5.10 Å². The largest absolute Gasteiger partial charge is 0.479 e. The number of fused-ring (bicyclic) bond motifs is 1. The molecule has 0 bridgehead atoms. The molecule has 0 spiro atoms. The highest BCUT2D eigenvalue weighted by Crippen LogP contribution is 2.30. The summed E-state index contributed by atoms with van der Waals surface area (Å²) in [6.07, 6.45) is 4.39. The number of methoxy groups -OCH3 is 1. The van der Waals surface area contributed by atoms with Gasteiger partial charge in [0.15, 0.2) is 5.65 Å². The highest BCUT2D eigenvalue weighted by Gasteiger charge is 2.26. The van der Waals surface area contributed by atoms with E-state index in [-0.39, 0.29) is 11.9 Å². The zero-order valence-corrected chi connectivity index (χ0v) is 16.2. The van der Waals surface area contributed by atoms with Gasteiger partial charge in [-0.1, -0.05) is 0 Å². The van der Waals surface area contributed by atoms with E-state index in [4.69, 9.17) is 15.5 Å². The molecule has 1 aliphatic heterocycles. The maximum Gasteiger partial charge on any atom is 0.242 e. The van der Waals surface area contributed by atoms with Crippen LogP contribution in [0.5, 0.6) is 5.88 Å². The van der Waals surface area contributed by atoms with Crippen LogP contribution in [0.4, 0.5) is 0 Å². The lowest BCUT2D eigenvalue weighted by atomic mass is 9.98. The van der Waals surface area contributed by atoms with Gasteiger partial charge in [-0.3, -0.25) is 4.79 Å². The van der Waals surface area contributed by atoms with Crippen LogP contribution in [0.3, 0.4) is 0 Å². The summed E-state index contributed by atoms with van der Waals surface area (Å²) in [6, 6.07) is 0.192. The number of aromatic nitrogens is 3. The molecule has 1 fully saturated rings. The molecule has 2 N–H and O–H groups in total. The molecule has 2 aromatic heterocycles. The molecule has 0 radical (unpaired) electrons. The lowest BCUT2D eigenvalue weighted by molar-refractivity contribution is -0.134. The maximum atomic E-state index is 12.8. The summed E-state index contributed by atoms with van der Waals surface area (Å²) in [6.45, 7) is 5.43. The maximum absolute atomic E-state index is 12.8. The van der Waals surface area contributed by atoms with Gasteiger partial charge in [0.2, 0.25) is 11.8 Å². The average molecular weight is 359 g/mol. The molecular weight excluding hydrogens is 330 g/mol. The van der Waals surface area contributed by atoms with Gasteiger partial charge in [-0.05, 0) is 50.7 Å². The van der Waals surface area contributed by atoms with E-state index in [1.807, 2.05) is 18.9 Å². The molecule has 3 heterocycles. The van der Waals surface area contributed by atoms with E-state index in [1.54, 1.807) is 11.8 Å². The molecule has 2 aromatic rings. The minimum Gasteiger partial charge on any atom is -0.479 e. The first-order valence-electron chi connectivity index (χ1n) is 9.34. The second kappa shape index (κ2) is 7.61. The second-order valence-electron chi connectivity index (χ2n) is 7.10. The number of nitrogens with two attached hydrogens (primary N) is 1. The monoisotopic (exact) mass is 359 g/mol. The Labute approximate surface area is 154 Å². The van der Waals surface area contributed by atoms with Crippen LogP contribution in [-0.4, -0.2) is 51.8 Å². The first kappa shape index (κ1) is 18.6. The van der Waals surface area contributed by atoms with Crippen molar-refractivity contribution in [1.29, 1.82) is 0 Å². The van der Waals surface area contributed by atoms with Gasteiger partial charge in [0, 0.05) is 38.3 Å². The highest BCUT2D eigenvalue weighted by atomic mass is 16.5. The van der Waals surface area contributed by atoms with Crippen LogP contribution in [0.1, 0.15) is 42.5 Å². The molecule has 0 aliphatic carbocycles. The SMILES string of the molecule is COc1nn(C)c2nc(C)c(CCC(=O)N3CCCCC3CN)c(C)c12. The van der Waals surface area contributed by atoms with Crippen molar-refractivity contribution >= 4 is 16.9 Å². The molecule has 142 valence electrons. The van der Waals surface area contributed by atoms with Crippen molar-refractivity contribution < 1.29 is 9.53 Å². The minimum atomic E-state index is 0.192. The minimum absolute atomic E-state index is 0.192. The Morgan fingerprint density at radius 2 is 2.12 bits per heavy atom. The zero-order chi connectivity index (χ0) is 18.8. The molecule has 26 heavy (non-hydrogen) atoms. The molecule has 1 atom stereocenters. The third-order valence-corrected chi connectivity index (χ3v) is 5.52. The molecular formula is C19H29N5O2. The van der Waals surface area contributed by atoms with Gasteiger partial charge in [0.25, 0.3) is 0 Å². The molecule has 0 aromatic carbocycles. The van der Waals surface area contributed by atoms with E-state index >= 15 is 0 Å². The van der Waals surface area contributed by atoms with Crippen LogP contribution < -0.4 is 10.5 Å². The number of pyridine rings is 1. The number of hydrogen-bond donors (Lipinski definition) is 1. The van der Waals surface area contributed by atoms with Crippen molar-refractivity contribution in [3.63, 3.8) is 0 Å². The van der Waals surface area contributed by atoms with Gasteiger partial charge >= 0.3 is 0 Å². The third kappa shape index (κ3) is 3.28. The molecule has 0 saturated carbocycles. The second-order valence-corrected chi connectivity index (χ2v) is 7.10. The Bertz CT molecular complexity index is 814. The predicted octanol–water partition coefficient (Wildman–Crippen LogP) is 1.87. The fourth-order valence-electron chi connectivity index (χ4n) is 4.06. The molecule has 1 unspecified atom stereocenters. The van der Waals surface area contributed by atoms with Crippen LogP contribution in [0.15, 0.2) is 0 Å². The van der Waals surface area contributed by atoms with Crippen molar-refractivity contribution in [2.75, 3.05) is 20.2 Å². The Morgan fingerprint density at radius 3 is 2.81 bits per heavy atom. The van der Waals surface area contributed by atoms with E-state index in [0.717, 1.165) is 53.7 Å². The van der Waals surface area contributed by atoms with E-state index < -0.39 is 0 Å². The number of rotatable bonds is 5. The topological polar surface area (TPSA) is 86.3 Å². The normalized spacial score (nSPS) is 17.7. The number of ether oxygens (including phenoxy) is 1. The van der Waals surface area contributed by atoms with Crippen molar-refractivity contribution in [2.24, 2.45) is 12.8 Å². The standard InChI is InChI=1S/C19H29N5O2/c1-12-15(8-9-16(25)24-10-6-5-7-14(24)11-20)13(2)21-18-17(12)19(26-4)22-23(18)3/h14H,5-11,20H2,1-4H3. The molecule has 1 amide bonds. The lowest BCUT2D eigenvalue weighted by Crippen LogP contribution is -2.47. The van der Waals surface area contributed by atoms with Crippen molar-refractivity contribution in [1.82, 2.24) is 19.7 Å². The molecule has 7 nitrogen and oxygen atoms in total. The van der Waals surface area contributed by atoms with Crippen LogP contribution in [0.2, 0.25) is 0 Å².